The van der Waals surface area contributed by atoms with Crippen molar-refractivity contribution in [3.05, 3.63) is 24.0 Å². The van der Waals surface area contributed by atoms with Gasteiger partial charge in [0, 0.05) is 12.7 Å². The highest BCUT2D eigenvalue weighted by molar-refractivity contribution is 5.41. The second-order valence-electron chi connectivity index (χ2n) is 3.97. The molecule has 1 aromatic rings. The number of nitrogen functional groups attached to an aromatic ring is 1. The molecule has 16 heavy (non-hydrogen) atoms. The molecule has 0 unspecified atom stereocenters. The largest absolute Gasteiger partial charge is 0.406 e. The number of nitrogens with zero attached hydrogens (tertiary/aromatic N) is 1. The van der Waals surface area contributed by atoms with Crippen molar-refractivity contribution in [2.24, 2.45) is 0 Å². The third kappa shape index (κ3) is 1.97. The number of hydrogen-bond donors (Lipinski definition) is 2. The van der Waals surface area contributed by atoms with Crippen LogP contribution in [0.4, 0.5) is 18.9 Å². The molecule has 3 nitrogen and oxygen atoms in total. The molecular formula is C10H12F3N3. The zero-order valence-corrected chi connectivity index (χ0v) is 8.51. The number of pyridine rings is 1. The standard InChI is InChI=1S/C10H12F3N3/c11-10(12,13)9(3-4-9)16-6-8-7(14)2-1-5-15-8/h1-2,5,16H,3-4,6,14H2. The second kappa shape index (κ2) is 3.62. The molecule has 0 bridgehead atoms. The van der Waals surface area contributed by atoms with E-state index in [0.29, 0.717) is 11.4 Å². The van der Waals surface area contributed by atoms with E-state index in [4.69, 9.17) is 5.73 Å². The summed E-state index contributed by atoms with van der Waals surface area (Å²) in [6, 6.07) is 3.27. The molecule has 88 valence electrons. The van der Waals surface area contributed by atoms with Gasteiger partial charge in [0.1, 0.15) is 5.54 Å². The number of aromatic nitrogens is 1. The van der Waals surface area contributed by atoms with E-state index >= 15 is 0 Å². The monoisotopic (exact) mass is 231 g/mol. The molecule has 0 aliphatic heterocycles. The van der Waals surface area contributed by atoms with Crippen LogP contribution in [0.1, 0.15) is 18.5 Å². The Morgan fingerprint density at radius 2 is 2.12 bits per heavy atom. The third-order valence-corrected chi connectivity index (χ3v) is 2.81. The van der Waals surface area contributed by atoms with Gasteiger partial charge in [0.15, 0.2) is 0 Å². The highest BCUT2D eigenvalue weighted by atomic mass is 19.4. The molecule has 0 radical (unpaired) electrons. The summed E-state index contributed by atoms with van der Waals surface area (Å²) >= 11 is 0. The smallest absolute Gasteiger partial charge is 0.397 e. The Labute approximate surface area is 90.9 Å². The normalized spacial score (nSPS) is 18.4. The number of hydrogen-bond acceptors (Lipinski definition) is 3. The van der Waals surface area contributed by atoms with Crippen LogP contribution >= 0.6 is 0 Å². The highest BCUT2D eigenvalue weighted by Gasteiger charge is 2.62. The fourth-order valence-electron chi connectivity index (χ4n) is 1.54. The molecule has 1 aromatic heterocycles. The van der Waals surface area contributed by atoms with Gasteiger partial charge in [0.25, 0.3) is 0 Å². The molecule has 0 amide bonds. The lowest BCUT2D eigenvalue weighted by molar-refractivity contribution is -0.166. The minimum atomic E-state index is -4.20. The van der Waals surface area contributed by atoms with Gasteiger partial charge in [-0.2, -0.15) is 13.2 Å². The number of halogens is 3. The van der Waals surface area contributed by atoms with Crippen molar-refractivity contribution in [3.8, 4) is 0 Å². The topological polar surface area (TPSA) is 50.9 Å². The number of rotatable bonds is 3. The molecule has 6 heteroatoms. The first-order chi connectivity index (χ1) is 7.45. The molecule has 0 saturated heterocycles. The molecule has 0 atom stereocenters. The molecule has 3 N–H and O–H groups in total. The van der Waals surface area contributed by atoms with Crippen molar-refractivity contribution in [3.63, 3.8) is 0 Å². The first-order valence-electron chi connectivity index (χ1n) is 4.96. The van der Waals surface area contributed by atoms with Crippen LogP contribution in [0.2, 0.25) is 0 Å². The van der Waals surface area contributed by atoms with Crippen molar-refractivity contribution in [2.45, 2.75) is 31.1 Å². The van der Waals surface area contributed by atoms with Crippen LogP contribution in [-0.2, 0) is 6.54 Å². The summed E-state index contributed by atoms with van der Waals surface area (Å²) < 4.78 is 37.8. The van der Waals surface area contributed by atoms with Gasteiger partial charge in [-0.15, -0.1) is 0 Å². The molecule has 1 fully saturated rings. The quantitative estimate of drug-likeness (QED) is 0.834. The lowest BCUT2D eigenvalue weighted by Gasteiger charge is -2.20. The van der Waals surface area contributed by atoms with E-state index in [-0.39, 0.29) is 19.4 Å². The van der Waals surface area contributed by atoms with Gasteiger partial charge in [-0.1, -0.05) is 0 Å². The lowest BCUT2D eigenvalue weighted by Crippen LogP contribution is -2.44. The van der Waals surface area contributed by atoms with E-state index in [0.717, 1.165) is 0 Å². The highest BCUT2D eigenvalue weighted by Crippen LogP contribution is 2.49. The van der Waals surface area contributed by atoms with Gasteiger partial charge in [-0.25, -0.2) is 0 Å². The van der Waals surface area contributed by atoms with Crippen LogP contribution in [0.15, 0.2) is 18.3 Å². The second-order valence-corrected chi connectivity index (χ2v) is 3.97. The van der Waals surface area contributed by atoms with Crippen molar-refractivity contribution in [2.75, 3.05) is 5.73 Å². The SMILES string of the molecule is Nc1cccnc1CNC1(C(F)(F)F)CC1. The predicted octanol–water partition coefficient (Wildman–Crippen LogP) is 1.85. The van der Waals surface area contributed by atoms with Crippen LogP contribution in [0.3, 0.4) is 0 Å². The summed E-state index contributed by atoms with van der Waals surface area (Å²) in [4.78, 5) is 3.94. The van der Waals surface area contributed by atoms with Gasteiger partial charge >= 0.3 is 6.18 Å². The predicted molar refractivity (Wildman–Crippen MR) is 53.5 cm³/mol. The summed E-state index contributed by atoms with van der Waals surface area (Å²) in [6.07, 6.45) is -2.43. The maximum absolute atomic E-state index is 12.6. The van der Waals surface area contributed by atoms with Crippen molar-refractivity contribution < 1.29 is 13.2 Å². The van der Waals surface area contributed by atoms with Gasteiger partial charge in [-0.3, -0.25) is 10.3 Å². The maximum Gasteiger partial charge on any atom is 0.406 e. The zero-order chi connectivity index (χ0) is 11.8. The molecule has 0 aromatic carbocycles. The minimum Gasteiger partial charge on any atom is -0.397 e. The Balaban J connectivity index is 2.01. The van der Waals surface area contributed by atoms with E-state index in [2.05, 4.69) is 10.3 Å². The van der Waals surface area contributed by atoms with E-state index in [1.165, 1.54) is 6.20 Å². The molecule has 1 saturated carbocycles. The van der Waals surface area contributed by atoms with Crippen molar-refractivity contribution in [1.82, 2.24) is 10.3 Å². The van der Waals surface area contributed by atoms with Crippen LogP contribution in [0, 0.1) is 0 Å². The first kappa shape index (κ1) is 11.2. The summed E-state index contributed by atoms with van der Waals surface area (Å²) in [5, 5.41) is 2.50. The molecule has 0 spiro atoms. The van der Waals surface area contributed by atoms with Crippen LogP contribution in [0.25, 0.3) is 0 Å². The van der Waals surface area contributed by atoms with Crippen LogP contribution in [0.5, 0.6) is 0 Å². The fraction of sp³-hybridized carbons (Fsp3) is 0.500. The Bertz CT molecular complexity index is 385. The zero-order valence-electron chi connectivity index (χ0n) is 8.51. The Kier molecular flexibility index (Phi) is 2.53. The van der Waals surface area contributed by atoms with Gasteiger partial charge in [0.2, 0.25) is 0 Å². The summed E-state index contributed by atoms with van der Waals surface area (Å²) in [5.41, 5.74) is 4.75. The molecule has 1 heterocycles. The average molecular weight is 231 g/mol. The number of nitrogens with one attached hydrogen (secondary N) is 1. The molecule has 1 aliphatic carbocycles. The van der Waals surface area contributed by atoms with Crippen LogP contribution < -0.4 is 11.1 Å². The van der Waals surface area contributed by atoms with Gasteiger partial charge in [0.05, 0.1) is 11.4 Å². The Morgan fingerprint density at radius 1 is 1.44 bits per heavy atom. The molecule has 1 aliphatic rings. The van der Waals surface area contributed by atoms with Crippen molar-refractivity contribution in [1.29, 1.82) is 0 Å². The number of nitrogens with two attached hydrogens (primary N) is 1. The first-order valence-corrected chi connectivity index (χ1v) is 4.96. The van der Waals surface area contributed by atoms with Gasteiger partial charge in [-0.05, 0) is 25.0 Å². The summed E-state index contributed by atoms with van der Waals surface area (Å²) in [6.45, 7) is 0.0478. The third-order valence-electron chi connectivity index (χ3n) is 2.81. The summed E-state index contributed by atoms with van der Waals surface area (Å²) in [5.74, 6) is 0. The lowest BCUT2D eigenvalue weighted by atomic mass is 10.2. The Hall–Kier alpha value is -1.30. The van der Waals surface area contributed by atoms with E-state index in [1.54, 1.807) is 12.1 Å². The van der Waals surface area contributed by atoms with E-state index in [9.17, 15) is 13.2 Å². The maximum atomic E-state index is 12.6. The Morgan fingerprint density at radius 3 is 2.62 bits per heavy atom. The average Bonchev–Trinajstić information content (AvgIpc) is 2.96. The number of alkyl halides is 3. The van der Waals surface area contributed by atoms with Gasteiger partial charge < -0.3 is 5.73 Å². The minimum absolute atomic E-state index is 0.0478. The van der Waals surface area contributed by atoms with Crippen molar-refractivity contribution >= 4 is 5.69 Å². The van der Waals surface area contributed by atoms with E-state index in [1.807, 2.05) is 0 Å². The molecular weight excluding hydrogens is 219 g/mol. The van der Waals surface area contributed by atoms with Crippen LogP contribution in [-0.4, -0.2) is 16.7 Å². The molecule has 2 rings (SSSR count). The fourth-order valence-corrected chi connectivity index (χ4v) is 1.54. The van der Waals surface area contributed by atoms with E-state index < -0.39 is 11.7 Å². The number of anilines is 1. The summed E-state index contributed by atoms with van der Waals surface area (Å²) in [7, 11) is 0.